The van der Waals surface area contributed by atoms with Gasteiger partial charge in [-0.25, -0.2) is 4.39 Å². The fourth-order valence-electron chi connectivity index (χ4n) is 11.1. The number of alkyl halides is 1. The van der Waals surface area contributed by atoms with Gasteiger partial charge in [-0.15, -0.1) is 0 Å². The molecule has 4 atom stereocenters. The lowest BCUT2D eigenvalue weighted by atomic mass is 9.92. The van der Waals surface area contributed by atoms with Crippen molar-refractivity contribution in [1.29, 1.82) is 5.26 Å². The number of carboxylic acids is 1. The predicted octanol–water partition coefficient (Wildman–Crippen LogP) is 1.63. The Labute approximate surface area is 559 Å². The van der Waals surface area contributed by atoms with Gasteiger partial charge in [-0.05, 0) is 122 Å². The zero-order valence-electron chi connectivity index (χ0n) is 52.7. The average Bonchev–Trinajstić information content (AvgIpc) is 1.67. The first-order valence-electron chi connectivity index (χ1n) is 31.4. The SMILES string of the molecule is CC1(F)C[C@H](C#N)N(C(=O)CNC(=O)c2ccnc3ccc(OCCCC4CCN(C(=O)[C@H](O)CSCCNC(=O)C(CCOCCNC(=O)CCCc5ccc(I)cc5)NC(=O)CN5CCN(COC=O)CCN(COC=O)CCN(CC(=O)O)CC5)CC4)cc23)C1. The molecule has 93 heavy (non-hydrogen) atoms. The number of pyridine rings is 1. The maximum Gasteiger partial charge on any atom is 0.317 e. The van der Waals surface area contributed by atoms with Crippen LogP contribution in [0.3, 0.4) is 0 Å². The van der Waals surface area contributed by atoms with Gasteiger partial charge >= 0.3 is 5.97 Å². The highest BCUT2D eigenvalue weighted by molar-refractivity contribution is 14.1. The topological polar surface area (TPSA) is 335 Å². The van der Waals surface area contributed by atoms with E-state index in [0.717, 1.165) is 46.1 Å². The number of piperidine rings is 1. The van der Waals surface area contributed by atoms with Crippen molar-refractivity contribution in [1.82, 2.24) is 55.7 Å². The minimum atomic E-state index is -1.68. The number of nitriles is 1. The molecule has 0 aliphatic carbocycles. The van der Waals surface area contributed by atoms with Crippen molar-refractivity contribution in [3.63, 3.8) is 0 Å². The van der Waals surface area contributed by atoms with Crippen molar-refractivity contribution >= 4 is 99.6 Å². The summed E-state index contributed by atoms with van der Waals surface area (Å²) >= 11 is 3.54. The molecular formula is C63H88FIN12O15S. The standard InChI is InChI=1S/C63H88FIN12O15S/c1-63(64)35-49(36-66)77(41-63)58(83)37-70-60(86)51-13-17-67-53-12-11-50(34-52(51)53)92-30-3-5-47-14-20-76(21-15-47)62(88)55(80)40-93-33-19-69-61(87)54(16-31-89-32-18-68-56(81)6-2-4-46-7-9-48(65)10-8-46)71-57(82)38-72-22-23-73(39-59(84)85)25-27-75(43-91-45-79)29-28-74(26-24-72)42-90-44-78/h7-13,17,34,44-45,47,49,54-55,80H,2-6,14-16,18-33,35,37-43H2,1H3,(H,68,81)(H,69,87)(H,70,86)(H,71,82)(H,84,85)/t49-,54?,55-,63?/m1/s1. The van der Waals surface area contributed by atoms with Crippen molar-refractivity contribution in [2.45, 2.75) is 88.6 Å². The van der Waals surface area contributed by atoms with Crippen LogP contribution >= 0.6 is 34.4 Å². The molecule has 4 heterocycles. The zero-order chi connectivity index (χ0) is 67.0. The Morgan fingerprint density at radius 1 is 0.828 bits per heavy atom. The number of halogens is 2. The second kappa shape index (κ2) is 40.4. The maximum absolute atomic E-state index is 14.6. The first kappa shape index (κ1) is 75.2. The van der Waals surface area contributed by atoms with Gasteiger partial charge in [0.05, 0.1) is 56.5 Å². The van der Waals surface area contributed by atoms with Gasteiger partial charge in [0, 0.05) is 125 Å². The zero-order valence-corrected chi connectivity index (χ0v) is 55.7. The number of nitrogens with one attached hydrogen (secondary N) is 4. The van der Waals surface area contributed by atoms with E-state index in [4.69, 9.17) is 18.9 Å². The van der Waals surface area contributed by atoms with E-state index in [1.54, 1.807) is 28.0 Å². The molecule has 0 radical (unpaired) electrons. The Hall–Kier alpha value is -6.86. The molecule has 0 bridgehead atoms. The van der Waals surface area contributed by atoms with Crippen LogP contribution in [0.5, 0.6) is 5.75 Å². The highest BCUT2D eigenvalue weighted by Crippen LogP contribution is 2.30. The summed E-state index contributed by atoms with van der Waals surface area (Å²) in [6.45, 7) is 5.48. The lowest BCUT2D eigenvalue weighted by molar-refractivity contribution is -0.140. The number of carboxylic acid groups (broad SMARTS) is 1. The summed E-state index contributed by atoms with van der Waals surface area (Å²) in [4.78, 5) is 128. The molecule has 30 heteroatoms. The summed E-state index contributed by atoms with van der Waals surface area (Å²) in [5, 5.41) is 41.8. The van der Waals surface area contributed by atoms with E-state index in [0.29, 0.717) is 113 Å². The number of benzene rings is 2. The smallest absolute Gasteiger partial charge is 0.317 e. The van der Waals surface area contributed by atoms with Crippen molar-refractivity contribution in [2.24, 2.45) is 5.92 Å². The summed E-state index contributed by atoms with van der Waals surface area (Å²) in [5.74, 6) is -2.28. The quantitative estimate of drug-likeness (QED) is 0.0274. The Balaban J connectivity index is 0.930. The van der Waals surface area contributed by atoms with Crippen LogP contribution in [0.1, 0.15) is 74.2 Å². The third-order valence-corrected chi connectivity index (χ3v) is 18.0. The molecule has 3 aliphatic rings. The Morgan fingerprint density at radius 2 is 1.49 bits per heavy atom. The fraction of sp³-hybridized carbons (Fsp3) is 0.603. The molecule has 27 nitrogen and oxygen atoms in total. The molecule has 3 fully saturated rings. The number of rotatable bonds is 36. The van der Waals surface area contributed by atoms with Crippen LogP contribution in [-0.4, -0.2) is 272 Å². The molecule has 6 N–H and O–H groups in total. The van der Waals surface area contributed by atoms with E-state index in [-0.39, 0.29) is 108 Å². The van der Waals surface area contributed by atoms with Gasteiger partial charge in [-0.1, -0.05) is 12.1 Å². The number of aliphatic hydroxyl groups is 1. The minimum absolute atomic E-state index is 0.0183. The Bertz CT molecular complexity index is 2960. The summed E-state index contributed by atoms with van der Waals surface area (Å²) in [6, 6.07) is 14.9. The van der Waals surface area contributed by atoms with Crippen molar-refractivity contribution in [3.8, 4) is 11.8 Å². The van der Waals surface area contributed by atoms with Gasteiger partial charge in [-0.2, -0.15) is 17.0 Å². The molecule has 0 spiro atoms. The van der Waals surface area contributed by atoms with Crippen molar-refractivity contribution in [2.75, 3.05) is 150 Å². The number of hydrogen-bond donors (Lipinski definition) is 6. The first-order valence-corrected chi connectivity index (χ1v) is 33.7. The number of likely N-dealkylation sites (tertiary alicyclic amines) is 2. The molecule has 2 aromatic carbocycles. The summed E-state index contributed by atoms with van der Waals surface area (Å²) in [6.07, 6.45) is 5.08. The lowest BCUT2D eigenvalue weighted by Crippen LogP contribution is -2.52. The van der Waals surface area contributed by atoms with E-state index in [9.17, 15) is 63.0 Å². The summed E-state index contributed by atoms with van der Waals surface area (Å²) in [5.41, 5.74) is 0.283. The molecule has 3 saturated heterocycles. The number of aliphatic hydroxyl groups excluding tert-OH is 1. The number of thioether (sulfide) groups is 1. The number of hydrogen-bond acceptors (Lipinski definition) is 21. The van der Waals surface area contributed by atoms with Crippen molar-refractivity contribution < 1.29 is 76.7 Å². The highest BCUT2D eigenvalue weighted by Gasteiger charge is 2.43. The number of fused-ring (bicyclic) bond motifs is 1. The maximum atomic E-state index is 14.6. The molecule has 0 saturated carbocycles. The number of aliphatic carboxylic acids is 1. The van der Waals surface area contributed by atoms with Gasteiger partial charge in [0.1, 0.15) is 43.1 Å². The molecule has 6 amide bonds. The number of ether oxygens (including phenoxy) is 4. The highest BCUT2D eigenvalue weighted by atomic mass is 127. The fourth-order valence-corrected chi connectivity index (χ4v) is 12.3. The van der Waals surface area contributed by atoms with E-state index in [1.165, 1.54) is 30.9 Å². The van der Waals surface area contributed by atoms with Crippen LogP contribution in [0, 0.1) is 20.8 Å². The normalized spacial score (nSPS) is 18.8. The molecule has 3 aromatic rings. The van der Waals surface area contributed by atoms with E-state index < -0.39 is 60.0 Å². The number of amides is 6. The van der Waals surface area contributed by atoms with Crippen molar-refractivity contribution in [3.05, 3.63) is 69.4 Å². The number of carbonyl (C=O) groups excluding carboxylic acids is 8. The molecule has 3 aliphatic heterocycles. The number of carbonyl (C=O) groups is 9. The molecule has 6 rings (SSSR count). The molecule has 1 aromatic heterocycles. The van der Waals surface area contributed by atoms with Crippen LogP contribution in [-0.2, 0) is 59.0 Å². The van der Waals surface area contributed by atoms with Gasteiger partial charge in [0.15, 0.2) is 0 Å². The second-order valence-corrected chi connectivity index (χ2v) is 25.9. The van der Waals surface area contributed by atoms with E-state index in [2.05, 4.69) is 48.8 Å². The third-order valence-electron chi connectivity index (χ3n) is 16.2. The monoisotopic (exact) mass is 1430 g/mol. The summed E-state index contributed by atoms with van der Waals surface area (Å²) < 4.78 is 37.7. The van der Waals surface area contributed by atoms with Gasteiger partial charge < -0.3 is 60.2 Å². The van der Waals surface area contributed by atoms with Gasteiger partial charge in [-0.3, -0.25) is 67.7 Å². The van der Waals surface area contributed by atoms with E-state index in [1.807, 2.05) is 45.0 Å². The second-order valence-electron chi connectivity index (χ2n) is 23.5. The molecular weight excluding hydrogens is 1340 g/mol. The first-order chi connectivity index (χ1) is 44.8. The largest absolute Gasteiger partial charge is 0.494 e. The van der Waals surface area contributed by atoms with Crippen LogP contribution in [0.2, 0.25) is 0 Å². The average molecular weight is 1430 g/mol. The Kier molecular flexibility index (Phi) is 32.7. The van der Waals surface area contributed by atoms with Gasteiger partial charge in [0.2, 0.25) is 23.6 Å². The van der Waals surface area contributed by atoms with Gasteiger partial charge in [0.25, 0.3) is 24.8 Å². The number of aryl methyl sites for hydroxylation is 1. The van der Waals surface area contributed by atoms with Crippen LogP contribution < -0.4 is 26.0 Å². The van der Waals surface area contributed by atoms with Crippen LogP contribution in [0.15, 0.2) is 54.7 Å². The number of nitrogens with zero attached hydrogens (tertiary/aromatic N) is 8. The number of aromatic nitrogens is 1. The minimum Gasteiger partial charge on any atom is -0.494 e. The Morgan fingerprint density at radius 3 is 2.15 bits per heavy atom. The molecule has 510 valence electrons. The summed E-state index contributed by atoms with van der Waals surface area (Å²) in [7, 11) is 0. The lowest BCUT2D eigenvalue weighted by Gasteiger charge is -2.33. The molecule has 2 unspecified atom stereocenters. The third kappa shape index (κ3) is 27.2. The van der Waals surface area contributed by atoms with E-state index >= 15 is 0 Å². The predicted molar refractivity (Wildman–Crippen MR) is 350 cm³/mol. The van der Waals surface area contributed by atoms with Crippen LogP contribution in [0.4, 0.5) is 4.39 Å². The van der Waals surface area contributed by atoms with Crippen LogP contribution in [0.25, 0.3) is 10.9 Å².